The monoisotopic (exact) mass is 1310 g/mol. The number of hydrogen-bond acceptors (Lipinski definition) is 3. The summed E-state index contributed by atoms with van der Waals surface area (Å²) >= 11 is 0. The number of rotatable bonds is 6. The molecule has 3 nitrogen and oxygen atoms in total. The van der Waals surface area contributed by atoms with Crippen LogP contribution in [-0.2, 0) is 44.8 Å². The molecule has 0 saturated carbocycles. The summed E-state index contributed by atoms with van der Waals surface area (Å²) in [6.07, 6.45) is 14.4. The Labute approximate surface area is 446 Å². The van der Waals surface area contributed by atoms with Crippen LogP contribution in [0.1, 0.15) is 11.1 Å². The predicted octanol–water partition coefficient (Wildman–Crippen LogP) is 13.6. The Morgan fingerprint density at radius 1 is 0.282 bits per heavy atom. The van der Waals surface area contributed by atoms with Crippen LogP contribution in [0, 0.1) is 24.7 Å². The molecule has 13 aromatic rings. The molecule has 71 heavy (non-hydrogen) atoms. The molecule has 0 radical (unpaired) electrons. The van der Waals surface area contributed by atoms with Crippen LogP contribution in [0.5, 0.6) is 0 Å². The zero-order chi connectivity index (χ0) is 46.5. The van der Waals surface area contributed by atoms with Gasteiger partial charge in [-0.05, 0) is 72.8 Å². The molecule has 0 spiro atoms. The van der Waals surface area contributed by atoms with E-state index in [0.29, 0.717) is 11.1 Å². The van der Waals surface area contributed by atoms with E-state index in [2.05, 4.69) is 170 Å². The second-order valence-electron chi connectivity index (χ2n) is 16.5. The van der Waals surface area contributed by atoms with Crippen molar-refractivity contribution < 1.29 is 58.0 Å². The number of para-hydroxylation sites is 5. The van der Waals surface area contributed by atoms with Gasteiger partial charge in [0.15, 0.2) is 0 Å². The van der Waals surface area contributed by atoms with Crippen molar-refractivity contribution in [1.82, 2.24) is 0 Å². The third-order valence-electron chi connectivity index (χ3n) is 12.4. The molecule has 0 bridgehead atoms. The van der Waals surface area contributed by atoms with Crippen LogP contribution < -0.4 is 31.8 Å². The van der Waals surface area contributed by atoms with E-state index in [1.54, 1.807) is 0 Å². The molecule has 0 atom stereocenters. The second-order valence-corrected chi connectivity index (χ2v) is 21.4. The van der Waals surface area contributed by atoms with Crippen molar-refractivity contribution in [3.05, 3.63) is 267 Å². The summed E-state index contributed by atoms with van der Waals surface area (Å²) in [4.78, 5) is 0. The van der Waals surface area contributed by atoms with Crippen LogP contribution >= 0.6 is 15.8 Å². The first-order valence-corrected chi connectivity index (χ1v) is 25.7. The van der Waals surface area contributed by atoms with Crippen molar-refractivity contribution in [2.75, 3.05) is 0 Å². The first kappa shape index (κ1) is 49.1. The molecular formula is C64H42Au2O3P2+2. The summed E-state index contributed by atoms with van der Waals surface area (Å²) in [5, 5.41) is 15.0. The van der Waals surface area contributed by atoms with E-state index in [4.69, 9.17) is 26.1 Å². The van der Waals surface area contributed by atoms with Crippen LogP contribution in [0.3, 0.4) is 0 Å². The fourth-order valence-corrected chi connectivity index (χ4v) is 15.3. The summed E-state index contributed by atoms with van der Waals surface area (Å²) in [5.41, 5.74) is 6.50. The maximum atomic E-state index is 7.19. The molecule has 0 N–H and O–H groups in total. The van der Waals surface area contributed by atoms with E-state index >= 15 is 0 Å². The first-order valence-electron chi connectivity index (χ1n) is 22.7. The molecule has 7 heteroatoms. The molecular weight excluding hydrogens is 1270 g/mol. The number of fused-ring (bicyclic) bond motifs is 9. The number of hydrogen-bond donors (Lipinski definition) is 0. The predicted molar refractivity (Wildman–Crippen MR) is 294 cm³/mol. The molecule has 3 aromatic heterocycles. The molecule has 10 aromatic carbocycles. The number of benzene rings is 10. The van der Waals surface area contributed by atoms with Crippen molar-refractivity contribution in [2.45, 2.75) is 0 Å². The van der Waals surface area contributed by atoms with E-state index < -0.39 is 15.8 Å². The normalized spacial score (nSPS) is 10.8. The van der Waals surface area contributed by atoms with Gasteiger partial charge in [0.25, 0.3) is 0 Å². The Kier molecular flexibility index (Phi) is 15.5. The van der Waals surface area contributed by atoms with E-state index in [1.807, 2.05) is 84.9 Å². The average molecular weight is 1310 g/mol. The van der Waals surface area contributed by atoms with Gasteiger partial charge in [-0.2, -0.15) is 0 Å². The second kappa shape index (κ2) is 22.4. The fourth-order valence-electron chi connectivity index (χ4n) is 9.25. The van der Waals surface area contributed by atoms with E-state index in [-0.39, 0.29) is 44.8 Å². The molecule has 0 amide bonds. The van der Waals surface area contributed by atoms with E-state index in [0.717, 1.165) is 55.0 Å². The van der Waals surface area contributed by atoms with Gasteiger partial charge in [-0.3, -0.25) is 11.8 Å². The van der Waals surface area contributed by atoms with Crippen molar-refractivity contribution >= 4 is 113 Å². The van der Waals surface area contributed by atoms with Gasteiger partial charge in [-0.25, -0.2) is 0 Å². The summed E-state index contributed by atoms with van der Waals surface area (Å²) in [6.45, 7) is 0. The van der Waals surface area contributed by atoms with Gasteiger partial charge < -0.3 is 26.1 Å². The maximum absolute atomic E-state index is 7.19. The van der Waals surface area contributed by atoms with Crippen LogP contribution in [0.15, 0.2) is 256 Å². The van der Waals surface area contributed by atoms with E-state index in [9.17, 15) is 0 Å². The topological polar surface area (TPSA) is 39.4 Å². The van der Waals surface area contributed by atoms with Crippen molar-refractivity contribution in [2.24, 2.45) is 0 Å². The van der Waals surface area contributed by atoms with Crippen LogP contribution in [0.2, 0.25) is 0 Å². The van der Waals surface area contributed by atoms with Gasteiger partial charge in [-0.1, -0.05) is 163 Å². The Bertz CT molecular complexity index is 3800. The minimum Gasteiger partial charge on any atom is -0.474 e. The Morgan fingerprint density at radius 2 is 0.592 bits per heavy atom. The van der Waals surface area contributed by atoms with Gasteiger partial charge in [0.05, 0.1) is 11.2 Å². The van der Waals surface area contributed by atoms with Crippen LogP contribution in [0.4, 0.5) is 0 Å². The number of furan rings is 3. The molecule has 13 rings (SSSR count). The molecule has 0 aliphatic heterocycles. The minimum atomic E-state index is -1.33. The molecule has 0 aliphatic rings. The third kappa shape index (κ3) is 9.91. The summed E-state index contributed by atoms with van der Waals surface area (Å²) < 4.78 is 17.9. The summed E-state index contributed by atoms with van der Waals surface area (Å²) in [7, 11) is -2.65. The van der Waals surface area contributed by atoms with Crippen molar-refractivity contribution in [3.63, 3.8) is 0 Å². The largest absolute Gasteiger partial charge is 1.00 e. The Morgan fingerprint density at radius 3 is 0.972 bits per heavy atom. The summed E-state index contributed by atoms with van der Waals surface area (Å²) in [5.74, 6) is 4.77. The van der Waals surface area contributed by atoms with Gasteiger partial charge in [-0.15, -0.1) is 12.1 Å². The first-order chi connectivity index (χ1) is 34.2. The fraction of sp³-hybridized carbons (Fsp3) is 0. The zero-order valence-electron chi connectivity index (χ0n) is 37.9. The molecule has 0 aliphatic carbocycles. The molecule has 0 saturated heterocycles. The van der Waals surface area contributed by atoms with Crippen LogP contribution in [0.25, 0.3) is 65.8 Å². The van der Waals surface area contributed by atoms with Crippen molar-refractivity contribution in [1.29, 1.82) is 0 Å². The maximum Gasteiger partial charge on any atom is 1.00 e. The average Bonchev–Trinajstić information content (AvgIpc) is 4.12. The van der Waals surface area contributed by atoms with Crippen LogP contribution in [-0.4, -0.2) is 0 Å². The Balaban J connectivity index is 0.000000159. The van der Waals surface area contributed by atoms with Gasteiger partial charge in [0.2, 0.25) is 0 Å². The third-order valence-corrected chi connectivity index (χ3v) is 18.2. The zero-order valence-corrected chi connectivity index (χ0v) is 44.3. The van der Waals surface area contributed by atoms with Crippen molar-refractivity contribution in [3.8, 4) is 11.8 Å². The van der Waals surface area contributed by atoms with Gasteiger partial charge in [0, 0.05) is 38.4 Å². The smallest absolute Gasteiger partial charge is 0.474 e. The molecule has 3 heterocycles. The van der Waals surface area contributed by atoms with Gasteiger partial charge in [0.1, 0.15) is 70.0 Å². The van der Waals surface area contributed by atoms with Gasteiger partial charge >= 0.3 is 44.8 Å². The quantitative estimate of drug-likeness (QED) is 0.0721. The summed E-state index contributed by atoms with van der Waals surface area (Å²) in [6, 6.07) is 84.8. The minimum absolute atomic E-state index is 0. The SMILES string of the molecule is [Au+].[Au+].[C-]#Cc1cccc2c1oc1ccccc12.[C-]#Cc1cccc2c1oc1ccccc12.c1ccc([PH+](c2ccccc2)c2cc3oc4ccccc4c3cc2[PH+](c2ccccc2)c2ccccc2)cc1. The Hall–Kier alpha value is -6.94. The molecule has 0 unspecified atom stereocenters. The van der Waals surface area contributed by atoms with E-state index in [1.165, 1.54) is 42.6 Å². The molecule has 346 valence electrons. The standard InChI is InChI=1S/C36H26OP2.2C14H7O.2Au/c1-5-15-27(16-6-1)38(28-17-7-2-8-18-28)35-25-32-31-23-13-14-24-33(31)37-34(32)26-36(35)39(29-19-9-3-10-20-29)30-21-11-4-12-22-30;2*1-2-10-6-5-8-12-11-7-3-4-9-13(11)15-14(10)12;;/h1-26H;2*3-9H;;/q;2*-1;2*+1/p+2. The molecule has 0 fully saturated rings.